The second-order valence-electron chi connectivity index (χ2n) is 3.55. The number of aryl methyl sites for hydroxylation is 1. The van der Waals surface area contributed by atoms with Crippen LogP contribution in [0.2, 0.25) is 0 Å². The van der Waals surface area contributed by atoms with Crippen molar-refractivity contribution >= 4 is 0 Å². The molecule has 0 aliphatic carbocycles. The van der Waals surface area contributed by atoms with E-state index < -0.39 is 0 Å². The highest BCUT2D eigenvalue weighted by atomic mass is 16.7. The molecule has 0 amide bonds. The summed E-state index contributed by atoms with van der Waals surface area (Å²) >= 11 is 0. The van der Waals surface area contributed by atoms with Crippen molar-refractivity contribution in [1.82, 2.24) is 10.3 Å². The number of nitrogens with zero attached hydrogens (tertiary/aromatic N) is 1. The van der Waals surface area contributed by atoms with Gasteiger partial charge in [0.15, 0.2) is 6.29 Å². The minimum atomic E-state index is -0.203. The van der Waals surface area contributed by atoms with E-state index in [9.17, 15) is 0 Å². The lowest BCUT2D eigenvalue weighted by molar-refractivity contribution is -0.133. The maximum atomic E-state index is 5.48. The van der Waals surface area contributed by atoms with E-state index in [2.05, 4.69) is 10.3 Å². The molecule has 0 aliphatic rings. The Bertz CT molecular complexity index is 296. The third kappa shape index (κ3) is 5.30. The summed E-state index contributed by atoms with van der Waals surface area (Å²) in [6, 6.07) is 0. The summed E-state index contributed by atoms with van der Waals surface area (Å²) in [6.45, 7) is 8.46. The van der Waals surface area contributed by atoms with E-state index in [1.807, 2.05) is 20.8 Å². The fourth-order valence-electron chi connectivity index (χ4n) is 1.43. The van der Waals surface area contributed by atoms with E-state index in [4.69, 9.17) is 13.9 Å². The van der Waals surface area contributed by atoms with Crippen molar-refractivity contribution < 1.29 is 13.9 Å². The van der Waals surface area contributed by atoms with Crippen LogP contribution in [-0.4, -0.2) is 31.0 Å². The van der Waals surface area contributed by atoms with Gasteiger partial charge in [0, 0.05) is 26.2 Å². The summed E-state index contributed by atoms with van der Waals surface area (Å²) in [5.41, 5.74) is 0. The largest absolute Gasteiger partial charge is 0.444 e. The number of hydrogen-bond donors (Lipinski definition) is 1. The Labute approximate surface area is 103 Å². The topological polar surface area (TPSA) is 56.5 Å². The van der Waals surface area contributed by atoms with Crippen molar-refractivity contribution in [2.24, 2.45) is 0 Å². The average Bonchev–Trinajstić information content (AvgIpc) is 2.77. The fraction of sp³-hybridized carbons (Fsp3) is 0.750. The fourth-order valence-corrected chi connectivity index (χ4v) is 1.43. The van der Waals surface area contributed by atoms with Gasteiger partial charge < -0.3 is 19.2 Å². The highest BCUT2D eigenvalue weighted by molar-refractivity contribution is 4.93. The SMILES string of the molecule is CCOC(CNCc1ncc(CC)o1)OCC. The van der Waals surface area contributed by atoms with Gasteiger partial charge in [0.05, 0.1) is 12.7 Å². The maximum Gasteiger partial charge on any atom is 0.208 e. The van der Waals surface area contributed by atoms with E-state index in [0.29, 0.717) is 32.2 Å². The number of ether oxygens (including phenoxy) is 2. The first kappa shape index (κ1) is 14.2. The number of aromatic nitrogens is 1. The molecule has 5 nitrogen and oxygen atoms in total. The lowest BCUT2D eigenvalue weighted by Crippen LogP contribution is -2.31. The summed E-state index contributed by atoms with van der Waals surface area (Å²) in [5, 5.41) is 3.20. The van der Waals surface area contributed by atoms with E-state index in [1.54, 1.807) is 6.20 Å². The summed E-state index contributed by atoms with van der Waals surface area (Å²) in [6.07, 6.45) is 2.43. The maximum absolute atomic E-state index is 5.48. The van der Waals surface area contributed by atoms with Crippen molar-refractivity contribution in [1.29, 1.82) is 0 Å². The van der Waals surface area contributed by atoms with Gasteiger partial charge in [0.1, 0.15) is 5.76 Å². The highest BCUT2D eigenvalue weighted by Crippen LogP contribution is 2.03. The number of nitrogens with one attached hydrogen (secondary N) is 1. The van der Waals surface area contributed by atoms with E-state index in [-0.39, 0.29) is 6.29 Å². The van der Waals surface area contributed by atoms with Gasteiger partial charge in [-0.15, -0.1) is 0 Å². The molecule has 17 heavy (non-hydrogen) atoms. The van der Waals surface area contributed by atoms with Crippen LogP contribution < -0.4 is 5.32 Å². The molecule has 1 rings (SSSR count). The quantitative estimate of drug-likeness (QED) is 0.668. The first-order valence-electron chi connectivity index (χ1n) is 6.17. The predicted octanol–water partition coefficient (Wildman–Crippen LogP) is 1.73. The van der Waals surface area contributed by atoms with Crippen molar-refractivity contribution in [3.8, 4) is 0 Å². The summed E-state index contributed by atoms with van der Waals surface area (Å²) in [4.78, 5) is 4.17. The number of hydrogen-bond acceptors (Lipinski definition) is 5. The van der Waals surface area contributed by atoms with E-state index >= 15 is 0 Å². The average molecular weight is 242 g/mol. The van der Waals surface area contributed by atoms with Crippen molar-refractivity contribution in [3.05, 3.63) is 17.8 Å². The molecular formula is C12H22N2O3. The third-order valence-corrected chi connectivity index (χ3v) is 2.24. The summed E-state index contributed by atoms with van der Waals surface area (Å²) in [5.74, 6) is 1.61. The van der Waals surface area contributed by atoms with Gasteiger partial charge in [-0.2, -0.15) is 0 Å². The third-order valence-electron chi connectivity index (χ3n) is 2.24. The molecule has 0 atom stereocenters. The monoisotopic (exact) mass is 242 g/mol. The van der Waals surface area contributed by atoms with Gasteiger partial charge in [-0.05, 0) is 13.8 Å². The minimum Gasteiger partial charge on any atom is -0.444 e. The molecule has 0 aromatic carbocycles. The van der Waals surface area contributed by atoms with Gasteiger partial charge in [-0.3, -0.25) is 0 Å². The van der Waals surface area contributed by atoms with Gasteiger partial charge in [-0.1, -0.05) is 6.92 Å². The Balaban J connectivity index is 2.24. The van der Waals surface area contributed by atoms with Gasteiger partial charge in [0.2, 0.25) is 5.89 Å². The molecule has 0 aliphatic heterocycles. The van der Waals surface area contributed by atoms with Crippen LogP contribution in [0.4, 0.5) is 0 Å². The van der Waals surface area contributed by atoms with Crippen LogP contribution in [0.3, 0.4) is 0 Å². The zero-order valence-corrected chi connectivity index (χ0v) is 10.9. The molecule has 0 unspecified atom stereocenters. The molecule has 0 radical (unpaired) electrons. The molecule has 1 heterocycles. The first-order valence-corrected chi connectivity index (χ1v) is 6.17. The molecule has 0 fully saturated rings. The Morgan fingerprint density at radius 3 is 2.53 bits per heavy atom. The second-order valence-corrected chi connectivity index (χ2v) is 3.55. The van der Waals surface area contributed by atoms with Gasteiger partial charge in [-0.25, -0.2) is 4.98 Å². The van der Waals surface area contributed by atoms with Crippen LogP contribution in [0.25, 0.3) is 0 Å². The molecule has 0 bridgehead atoms. The van der Waals surface area contributed by atoms with Crippen LogP contribution in [0.5, 0.6) is 0 Å². The Hall–Kier alpha value is -0.910. The number of oxazole rings is 1. The molecule has 0 saturated carbocycles. The zero-order valence-electron chi connectivity index (χ0n) is 10.9. The molecule has 1 aromatic rings. The second kappa shape index (κ2) is 8.22. The normalized spacial score (nSPS) is 11.3. The standard InChI is InChI=1S/C12H22N2O3/c1-4-10-7-14-11(17-10)8-13-9-12(15-5-2)16-6-3/h7,12-13H,4-6,8-9H2,1-3H3. The Morgan fingerprint density at radius 1 is 1.29 bits per heavy atom. The van der Waals surface area contributed by atoms with E-state index in [0.717, 1.165) is 12.2 Å². The Morgan fingerprint density at radius 2 is 2.00 bits per heavy atom. The first-order chi connectivity index (χ1) is 8.30. The van der Waals surface area contributed by atoms with Crippen LogP contribution in [-0.2, 0) is 22.4 Å². The summed E-state index contributed by atoms with van der Waals surface area (Å²) < 4.78 is 16.3. The molecule has 0 saturated heterocycles. The van der Waals surface area contributed by atoms with Gasteiger partial charge >= 0.3 is 0 Å². The lowest BCUT2D eigenvalue weighted by atomic mass is 10.4. The predicted molar refractivity (Wildman–Crippen MR) is 64.6 cm³/mol. The molecular weight excluding hydrogens is 220 g/mol. The molecule has 1 N–H and O–H groups in total. The van der Waals surface area contributed by atoms with Crippen LogP contribution in [0, 0.1) is 0 Å². The molecule has 1 aromatic heterocycles. The van der Waals surface area contributed by atoms with Crippen LogP contribution in [0.1, 0.15) is 32.4 Å². The lowest BCUT2D eigenvalue weighted by Gasteiger charge is -2.16. The van der Waals surface area contributed by atoms with Crippen molar-refractivity contribution in [2.75, 3.05) is 19.8 Å². The van der Waals surface area contributed by atoms with E-state index in [1.165, 1.54) is 0 Å². The smallest absolute Gasteiger partial charge is 0.208 e. The zero-order chi connectivity index (χ0) is 12.5. The minimum absolute atomic E-state index is 0.203. The summed E-state index contributed by atoms with van der Waals surface area (Å²) in [7, 11) is 0. The van der Waals surface area contributed by atoms with Crippen molar-refractivity contribution in [2.45, 2.75) is 40.0 Å². The van der Waals surface area contributed by atoms with Crippen molar-refractivity contribution in [3.63, 3.8) is 0 Å². The molecule has 98 valence electrons. The highest BCUT2D eigenvalue weighted by Gasteiger charge is 2.08. The van der Waals surface area contributed by atoms with Crippen LogP contribution in [0.15, 0.2) is 10.6 Å². The van der Waals surface area contributed by atoms with Gasteiger partial charge in [0.25, 0.3) is 0 Å². The Kier molecular flexibility index (Phi) is 6.84. The number of rotatable bonds is 9. The van der Waals surface area contributed by atoms with Crippen LogP contribution >= 0.6 is 0 Å². The molecule has 0 spiro atoms. The molecule has 5 heteroatoms.